The summed E-state index contributed by atoms with van der Waals surface area (Å²) in [4.78, 5) is 11.6. The molecule has 4 heteroatoms. The Balaban J connectivity index is 2.01. The molecule has 1 aromatic carbocycles. The molecule has 1 aliphatic rings. The van der Waals surface area contributed by atoms with Crippen molar-refractivity contribution in [3.05, 3.63) is 29.8 Å². The molecule has 0 atom stereocenters. The maximum Gasteiger partial charge on any atom is 0.237 e. The third-order valence-electron chi connectivity index (χ3n) is 2.72. The summed E-state index contributed by atoms with van der Waals surface area (Å²) in [5.41, 5.74) is 4.19. The van der Waals surface area contributed by atoms with Crippen molar-refractivity contribution < 1.29 is 9.53 Å². The van der Waals surface area contributed by atoms with E-state index < -0.39 is 0 Å². The molecule has 1 aliphatic heterocycles. The first-order chi connectivity index (χ1) is 8.29. The van der Waals surface area contributed by atoms with Crippen LogP contribution in [-0.2, 0) is 11.3 Å². The van der Waals surface area contributed by atoms with Crippen LogP contribution in [0.3, 0.4) is 0 Å². The lowest BCUT2D eigenvalue weighted by Gasteiger charge is -2.27. The maximum absolute atomic E-state index is 11.6. The van der Waals surface area contributed by atoms with E-state index in [0.717, 1.165) is 24.3 Å². The van der Waals surface area contributed by atoms with Crippen molar-refractivity contribution in [3.8, 4) is 5.75 Å². The van der Waals surface area contributed by atoms with E-state index in [0.29, 0.717) is 19.6 Å². The van der Waals surface area contributed by atoms with Gasteiger partial charge in [-0.3, -0.25) is 9.80 Å². The van der Waals surface area contributed by atoms with Crippen LogP contribution in [0, 0.1) is 0 Å². The average molecular weight is 234 g/mol. The number of amides is 1. The highest BCUT2D eigenvalue weighted by Crippen LogP contribution is 2.15. The summed E-state index contributed by atoms with van der Waals surface area (Å²) in [6.07, 6.45) is 1.56. The predicted octanol–water partition coefficient (Wildman–Crippen LogP) is 1.71. The highest BCUT2D eigenvalue weighted by Gasteiger charge is 2.17. The molecule has 0 unspecified atom stereocenters. The van der Waals surface area contributed by atoms with Crippen LogP contribution >= 0.6 is 0 Å². The van der Waals surface area contributed by atoms with Gasteiger partial charge in [-0.1, -0.05) is 12.1 Å². The van der Waals surface area contributed by atoms with Gasteiger partial charge >= 0.3 is 0 Å². The second-order valence-electron chi connectivity index (χ2n) is 4.07. The Bertz CT molecular complexity index is 393. The standard InChI is InChI=1S/C13H18N2O2/c1-2-17-12-6-3-5-11(9-12)10-15-13(16)7-4-8-14-15/h3,5-6,9,14H,2,4,7-8,10H2,1H3. The Morgan fingerprint density at radius 1 is 1.47 bits per heavy atom. The summed E-state index contributed by atoms with van der Waals surface area (Å²) in [6, 6.07) is 7.87. The normalized spacial score (nSPS) is 16.1. The number of nitrogens with one attached hydrogen (secondary N) is 1. The second-order valence-corrected chi connectivity index (χ2v) is 4.07. The highest BCUT2D eigenvalue weighted by molar-refractivity contribution is 5.76. The number of benzene rings is 1. The molecule has 2 rings (SSSR count). The molecule has 0 aliphatic carbocycles. The van der Waals surface area contributed by atoms with Crippen LogP contribution in [0.25, 0.3) is 0 Å². The van der Waals surface area contributed by atoms with E-state index >= 15 is 0 Å². The summed E-state index contributed by atoms with van der Waals surface area (Å²) in [6.45, 7) is 4.09. The molecule has 1 fully saturated rings. The Morgan fingerprint density at radius 3 is 3.12 bits per heavy atom. The van der Waals surface area contributed by atoms with Crippen molar-refractivity contribution in [1.29, 1.82) is 0 Å². The van der Waals surface area contributed by atoms with E-state index in [1.54, 1.807) is 5.01 Å². The first-order valence-electron chi connectivity index (χ1n) is 6.05. The third-order valence-corrected chi connectivity index (χ3v) is 2.72. The lowest BCUT2D eigenvalue weighted by atomic mass is 10.2. The van der Waals surface area contributed by atoms with Gasteiger partial charge in [-0.05, 0) is 31.0 Å². The number of hydrogen-bond acceptors (Lipinski definition) is 3. The van der Waals surface area contributed by atoms with E-state index in [4.69, 9.17) is 4.74 Å². The third kappa shape index (κ3) is 3.20. The molecule has 4 nitrogen and oxygen atoms in total. The number of ether oxygens (including phenoxy) is 1. The summed E-state index contributed by atoms with van der Waals surface area (Å²) in [5, 5.41) is 1.69. The van der Waals surface area contributed by atoms with Crippen molar-refractivity contribution in [3.63, 3.8) is 0 Å². The summed E-state index contributed by atoms with van der Waals surface area (Å²) in [5.74, 6) is 1.02. The molecular weight excluding hydrogens is 216 g/mol. The molecule has 1 heterocycles. The van der Waals surface area contributed by atoms with E-state index in [2.05, 4.69) is 5.43 Å². The van der Waals surface area contributed by atoms with Crippen LogP contribution in [0.2, 0.25) is 0 Å². The molecule has 1 amide bonds. The quantitative estimate of drug-likeness (QED) is 0.862. The molecule has 0 spiro atoms. The van der Waals surface area contributed by atoms with Crippen LogP contribution in [0.15, 0.2) is 24.3 Å². The fourth-order valence-corrected chi connectivity index (χ4v) is 1.90. The molecule has 17 heavy (non-hydrogen) atoms. The van der Waals surface area contributed by atoms with Crippen LogP contribution in [0.1, 0.15) is 25.3 Å². The molecule has 0 bridgehead atoms. The Kier molecular flexibility index (Phi) is 3.98. The number of carbonyl (C=O) groups is 1. The lowest BCUT2D eigenvalue weighted by Crippen LogP contribution is -2.46. The molecule has 0 saturated carbocycles. The van der Waals surface area contributed by atoms with Crippen LogP contribution in [-0.4, -0.2) is 24.1 Å². The SMILES string of the molecule is CCOc1cccc(CN2NCCCC2=O)c1. The van der Waals surface area contributed by atoms with E-state index in [1.807, 2.05) is 31.2 Å². The van der Waals surface area contributed by atoms with Gasteiger partial charge in [0.05, 0.1) is 13.2 Å². The van der Waals surface area contributed by atoms with E-state index in [-0.39, 0.29) is 5.91 Å². The van der Waals surface area contributed by atoms with Crippen molar-refractivity contribution in [2.24, 2.45) is 0 Å². The van der Waals surface area contributed by atoms with Crippen molar-refractivity contribution in [2.75, 3.05) is 13.2 Å². The molecular formula is C13H18N2O2. The number of hydrazine groups is 1. The molecule has 0 aromatic heterocycles. The van der Waals surface area contributed by atoms with Crippen LogP contribution in [0.4, 0.5) is 0 Å². The Morgan fingerprint density at radius 2 is 2.35 bits per heavy atom. The first-order valence-corrected chi connectivity index (χ1v) is 6.05. The predicted molar refractivity (Wildman–Crippen MR) is 65.4 cm³/mol. The van der Waals surface area contributed by atoms with Crippen LogP contribution < -0.4 is 10.2 Å². The molecule has 1 N–H and O–H groups in total. The van der Waals surface area contributed by atoms with Gasteiger partial charge in [-0.15, -0.1) is 0 Å². The van der Waals surface area contributed by atoms with Gasteiger partial charge in [0.25, 0.3) is 0 Å². The van der Waals surface area contributed by atoms with Gasteiger partial charge in [-0.2, -0.15) is 0 Å². The lowest BCUT2D eigenvalue weighted by molar-refractivity contribution is -0.137. The fraction of sp³-hybridized carbons (Fsp3) is 0.462. The number of hydrogen-bond donors (Lipinski definition) is 1. The van der Waals surface area contributed by atoms with Gasteiger partial charge in [-0.25, -0.2) is 5.43 Å². The first kappa shape index (κ1) is 11.9. The van der Waals surface area contributed by atoms with Gasteiger partial charge in [0, 0.05) is 13.0 Å². The smallest absolute Gasteiger partial charge is 0.237 e. The summed E-state index contributed by atoms with van der Waals surface area (Å²) in [7, 11) is 0. The summed E-state index contributed by atoms with van der Waals surface area (Å²) < 4.78 is 5.44. The minimum Gasteiger partial charge on any atom is -0.494 e. The largest absolute Gasteiger partial charge is 0.494 e. The zero-order valence-corrected chi connectivity index (χ0v) is 10.1. The minimum atomic E-state index is 0.165. The number of rotatable bonds is 4. The van der Waals surface area contributed by atoms with E-state index in [1.165, 1.54) is 0 Å². The Labute approximate surface area is 102 Å². The minimum absolute atomic E-state index is 0.165. The summed E-state index contributed by atoms with van der Waals surface area (Å²) >= 11 is 0. The van der Waals surface area contributed by atoms with Crippen molar-refractivity contribution in [2.45, 2.75) is 26.3 Å². The van der Waals surface area contributed by atoms with Crippen molar-refractivity contribution >= 4 is 5.91 Å². The topological polar surface area (TPSA) is 41.6 Å². The number of carbonyl (C=O) groups excluding carboxylic acids is 1. The monoisotopic (exact) mass is 234 g/mol. The van der Waals surface area contributed by atoms with Gasteiger partial charge in [0.2, 0.25) is 5.91 Å². The second kappa shape index (κ2) is 5.68. The zero-order valence-electron chi connectivity index (χ0n) is 10.1. The van der Waals surface area contributed by atoms with E-state index in [9.17, 15) is 4.79 Å². The van der Waals surface area contributed by atoms with Gasteiger partial charge in [0.1, 0.15) is 5.75 Å². The van der Waals surface area contributed by atoms with Gasteiger partial charge in [0.15, 0.2) is 0 Å². The average Bonchev–Trinajstić information content (AvgIpc) is 2.33. The molecule has 1 saturated heterocycles. The van der Waals surface area contributed by atoms with Crippen molar-refractivity contribution in [1.82, 2.24) is 10.4 Å². The van der Waals surface area contributed by atoms with Gasteiger partial charge < -0.3 is 4.74 Å². The van der Waals surface area contributed by atoms with Crippen LogP contribution in [0.5, 0.6) is 5.75 Å². The highest BCUT2D eigenvalue weighted by atomic mass is 16.5. The zero-order chi connectivity index (χ0) is 12.1. The maximum atomic E-state index is 11.6. The molecule has 92 valence electrons. The molecule has 0 radical (unpaired) electrons. The Hall–Kier alpha value is -1.55. The fourth-order valence-electron chi connectivity index (χ4n) is 1.90. The molecule has 1 aromatic rings. The number of nitrogens with zero attached hydrogens (tertiary/aromatic N) is 1.